The molecule has 1 aromatic carbocycles. The molecule has 4 nitrogen and oxygen atoms in total. The molecule has 21 heavy (non-hydrogen) atoms. The molecule has 1 saturated heterocycles. The largest absolute Gasteiger partial charge is 0.382 e. The predicted molar refractivity (Wildman–Crippen MR) is 83.2 cm³/mol. The predicted octanol–water partition coefficient (Wildman–Crippen LogP) is 2.42. The molecule has 1 aliphatic heterocycles. The van der Waals surface area contributed by atoms with Crippen molar-refractivity contribution in [2.75, 3.05) is 39.0 Å². The summed E-state index contributed by atoms with van der Waals surface area (Å²) >= 11 is 0. The Bertz CT molecular complexity index is 504. The van der Waals surface area contributed by atoms with Gasteiger partial charge in [0.1, 0.15) is 5.82 Å². The third-order valence-corrected chi connectivity index (χ3v) is 4.01. The number of hydrogen-bond acceptors (Lipinski definition) is 3. The molecule has 0 aliphatic carbocycles. The maximum atomic E-state index is 13.9. The maximum Gasteiger partial charge on any atom is 0.256 e. The molecular formula is C16H24FN3O. The third kappa shape index (κ3) is 3.53. The van der Waals surface area contributed by atoms with Gasteiger partial charge >= 0.3 is 0 Å². The van der Waals surface area contributed by atoms with E-state index in [1.807, 2.05) is 25.9 Å². The number of carbonyl (C=O) groups excluding carboxylic acids is 1. The van der Waals surface area contributed by atoms with E-state index in [-0.39, 0.29) is 11.7 Å². The van der Waals surface area contributed by atoms with E-state index in [0.717, 1.165) is 19.4 Å². The van der Waals surface area contributed by atoms with Crippen molar-refractivity contribution in [1.82, 2.24) is 9.80 Å². The highest BCUT2D eigenvalue weighted by atomic mass is 19.1. The SMILES string of the molecule is CCNc1c(F)cccc1C(=O)N1CCCC(N(C)C)C1. The van der Waals surface area contributed by atoms with E-state index in [0.29, 0.717) is 30.4 Å². The van der Waals surface area contributed by atoms with E-state index in [1.165, 1.54) is 6.07 Å². The lowest BCUT2D eigenvalue weighted by atomic mass is 10.0. The lowest BCUT2D eigenvalue weighted by Crippen LogP contribution is -2.47. The number of piperidine rings is 1. The number of anilines is 1. The number of hydrogen-bond donors (Lipinski definition) is 1. The van der Waals surface area contributed by atoms with Gasteiger partial charge in [-0.15, -0.1) is 0 Å². The minimum Gasteiger partial charge on any atom is -0.382 e. The Labute approximate surface area is 125 Å². The number of para-hydroxylation sites is 1. The summed E-state index contributed by atoms with van der Waals surface area (Å²) in [4.78, 5) is 16.7. The van der Waals surface area contributed by atoms with E-state index >= 15 is 0 Å². The van der Waals surface area contributed by atoms with E-state index in [2.05, 4.69) is 10.2 Å². The Hall–Kier alpha value is -1.62. The zero-order valence-electron chi connectivity index (χ0n) is 13.0. The highest BCUT2D eigenvalue weighted by Crippen LogP contribution is 2.23. The van der Waals surface area contributed by atoms with Crippen molar-refractivity contribution in [3.05, 3.63) is 29.6 Å². The normalized spacial score (nSPS) is 18.9. The number of nitrogens with zero attached hydrogens (tertiary/aromatic N) is 2. The van der Waals surface area contributed by atoms with Crippen molar-refractivity contribution >= 4 is 11.6 Å². The topological polar surface area (TPSA) is 35.6 Å². The summed E-state index contributed by atoms with van der Waals surface area (Å²) in [5.74, 6) is -0.458. The average molecular weight is 293 g/mol. The van der Waals surface area contributed by atoms with E-state index in [9.17, 15) is 9.18 Å². The Morgan fingerprint density at radius 2 is 2.24 bits per heavy atom. The number of rotatable bonds is 4. The number of nitrogens with one attached hydrogen (secondary N) is 1. The molecule has 116 valence electrons. The fourth-order valence-corrected chi connectivity index (χ4v) is 2.79. The van der Waals surface area contributed by atoms with E-state index in [4.69, 9.17) is 0 Å². The minimum absolute atomic E-state index is 0.0861. The summed E-state index contributed by atoms with van der Waals surface area (Å²) in [7, 11) is 4.07. The molecule has 1 N–H and O–H groups in total. The van der Waals surface area contributed by atoms with Crippen molar-refractivity contribution < 1.29 is 9.18 Å². The Kier molecular flexibility index (Phi) is 5.17. The summed E-state index contributed by atoms with van der Waals surface area (Å²) in [6, 6.07) is 5.05. The van der Waals surface area contributed by atoms with E-state index < -0.39 is 0 Å². The highest BCUT2D eigenvalue weighted by Gasteiger charge is 2.27. The van der Waals surface area contributed by atoms with Crippen molar-refractivity contribution in [2.24, 2.45) is 0 Å². The van der Waals surface area contributed by atoms with Crippen LogP contribution in [-0.4, -0.2) is 55.5 Å². The first-order valence-electron chi connectivity index (χ1n) is 7.52. The van der Waals surface area contributed by atoms with Gasteiger partial charge < -0.3 is 15.1 Å². The summed E-state index contributed by atoms with van der Waals surface area (Å²) in [6.07, 6.45) is 2.08. The Morgan fingerprint density at radius 1 is 1.48 bits per heavy atom. The molecule has 5 heteroatoms. The zero-order chi connectivity index (χ0) is 15.4. The van der Waals surface area contributed by atoms with Gasteiger partial charge in [-0.3, -0.25) is 4.79 Å². The number of likely N-dealkylation sites (N-methyl/N-ethyl adjacent to an activating group) is 1. The van der Waals surface area contributed by atoms with Crippen LogP contribution in [0, 0.1) is 5.82 Å². The fourth-order valence-electron chi connectivity index (χ4n) is 2.79. The summed E-state index contributed by atoms with van der Waals surface area (Å²) < 4.78 is 13.9. The number of benzene rings is 1. The van der Waals surface area contributed by atoms with Crippen LogP contribution in [0.3, 0.4) is 0 Å². The van der Waals surface area contributed by atoms with Crippen LogP contribution in [-0.2, 0) is 0 Å². The van der Waals surface area contributed by atoms with Gasteiger partial charge in [-0.1, -0.05) is 6.07 Å². The molecule has 1 unspecified atom stereocenters. The highest BCUT2D eigenvalue weighted by molar-refractivity contribution is 5.99. The summed E-state index contributed by atoms with van der Waals surface area (Å²) in [6.45, 7) is 3.92. The molecule has 0 aromatic heterocycles. The van der Waals surface area contributed by atoms with Gasteiger partial charge in [0, 0.05) is 25.7 Å². The van der Waals surface area contributed by atoms with Crippen molar-refractivity contribution in [3.8, 4) is 0 Å². The molecule has 0 radical (unpaired) electrons. The van der Waals surface area contributed by atoms with Crippen LogP contribution >= 0.6 is 0 Å². The summed E-state index contributed by atoms with van der Waals surface area (Å²) in [5, 5.41) is 2.97. The van der Waals surface area contributed by atoms with Crippen LogP contribution in [0.15, 0.2) is 18.2 Å². The number of halogens is 1. The number of carbonyl (C=O) groups is 1. The third-order valence-electron chi connectivity index (χ3n) is 4.01. The van der Waals surface area contributed by atoms with Crippen LogP contribution in [0.25, 0.3) is 0 Å². The van der Waals surface area contributed by atoms with Gasteiger partial charge in [0.25, 0.3) is 5.91 Å². The molecule has 1 atom stereocenters. The fraction of sp³-hybridized carbons (Fsp3) is 0.562. The molecule has 1 aromatic rings. The molecule has 1 heterocycles. The smallest absolute Gasteiger partial charge is 0.256 e. The van der Waals surface area contributed by atoms with Crippen LogP contribution in [0.5, 0.6) is 0 Å². The quantitative estimate of drug-likeness (QED) is 0.926. The van der Waals surface area contributed by atoms with Gasteiger partial charge in [-0.25, -0.2) is 4.39 Å². The van der Waals surface area contributed by atoms with Gasteiger partial charge in [-0.05, 0) is 46.0 Å². The van der Waals surface area contributed by atoms with E-state index in [1.54, 1.807) is 12.1 Å². The first-order chi connectivity index (χ1) is 10.0. The van der Waals surface area contributed by atoms with Crippen LogP contribution in [0.4, 0.5) is 10.1 Å². The molecular weight excluding hydrogens is 269 g/mol. The second-order valence-electron chi connectivity index (χ2n) is 5.70. The van der Waals surface area contributed by atoms with Gasteiger partial charge in [0.2, 0.25) is 0 Å². The van der Waals surface area contributed by atoms with Crippen molar-refractivity contribution in [1.29, 1.82) is 0 Å². The molecule has 1 aliphatic rings. The molecule has 2 rings (SSSR count). The van der Waals surface area contributed by atoms with Crippen LogP contribution in [0.1, 0.15) is 30.1 Å². The maximum absolute atomic E-state index is 13.9. The Balaban J connectivity index is 2.21. The second kappa shape index (κ2) is 6.89. The number of amides is 1. The second-order valence-corrected chi connectivity index (χ2v) is 5.70. The van der Waals surface area contributed by atoms with Crippen molar-refractivity contribution in [3.63, 3.8) is 0 Å². The number of likely N-dealkylation sites (tertiary alicyclic amines) is 1. The average Bonchev–Trinajstić information content (AvgIpc) is 2.49. The van der Waals surface area contributed by atoms with Crippen LogP contribution in [0.2, 0.25) is 0 Å². The van der Waals surface area contributed by atoms with Crippen molar-refractivity contribution in [2.45, 2.75) is 25.8 Å². The van der Waals surface area contributed by atoms with Gasteiger partial charge in [0.15, 0.2) is 0 Å². The summed E-state index contributed by atoms with van der Waals surface area (Å²) in [5.41, 5.74) is 0.744. The van der Waals surface area contributed by atoms with Gasteiger partial charge in [0.05, 0.1) is 11.3 Å². The Morgan fingerprint density at radius 3 is 2.90 bits per heavy atom. The molecule has 0 saturated carbocycles. The first-order valence-corrected chi connectivity index (χ1v) is 7.52. The van der Waals surface area contributed by atoms with Gasteiger partial charge in [-0.2, -0.15) is 0 Å². The lowest BCUT2D eigenvalue weighted by molar-refractivity contribution is 0.0635. The molecule has 1 fully saturated rings. The molecule has 1 amide bonds. The zero-order valence-corrected chi connectivity index (χ0v) is 13.0. The standard InChI is InChI=1S/C16H24FN3O/c1-4-18-15-13(8-5-9-14(15)17)16(21)20-10-6-7-12(11-20)19(2)3/h5,8-9,12,18H,4,6-7,10-11H2,1-3H3. The molecule has 0 spiro atoms. The van der Waals surface area contributed by atoms with Crippen LogP contribution < -0.4 is 5.32 Å². The molecule has 0 bridgehead atoms. The minimum atomic E-state index is -0.371. The monoisotopic (exact) mass is 293 g/mol. The lowest BCUT2D eigenvalue weighted by Gasteiger charge is -2.36. The first kappa shape index (κ1) is 15.8.